The Morgan fingerprint density at radius 3 is 3.17 bits per heavy atom. The summed E-state index contributed by atoms with van der Waals surface area (Å²) in [5.41, 5.74) is 2.11. The topological polar surface area (TPSA) is 66.0 Å². The van der Waals surface area contributed by atoms with Gasteiger partial charge in [-0.25, -0.2) is 4.79 Å². The van der Waals surface area contributed by atoms with Crippen LogP contribution in [0, 0.1) is 0 Å². The van der Waals surface area contributed by atoms with Crippen LogP contribution < -0.4 is 0 Å². The van der Waals surface area contributed by atoms with Crippen molar-refractivity contribution >= 4 is 5.97 Å². The van der Waals surface area contributed by atoms with Crippen molar-refractivity contribution in [3.63, 3.8) is 0 Å². The summed E-state index contributed by atoms with van der Waals surface area (Å²) in [7, 11) is 0. The van der Waals surface area contributed by atoms with Crippen molar-refractivity contribution in [1.29, 1.82) is 0 Å². The van der Waals surface area contributed by atoms with Crippen LogP contribution in [-0.4, -0.2) is 21.3 Å². The molecular formula is C8H10N2O2. The molecule has 12 heavy (non-hydrogen) atoms. The van der Waals surface area contributed by atoms with Gasteiger partial charge in [0.05, 0.1) is 0 Å². The van der Waals surface area contributed by atoms with Gasteiger partial charge < -0.3 is 5.11 Å². The molecule has 0 bridgehead atoms. The fraction of sp³-hybridized carbons (Fsp3) is 0.500. The van der Waals surface area contributed by atoms with Crippen LogP contribution in [0.15, 0.2) is 0 Å². The number of aromatic carboxylic acids is 1. The van der Waals surface area contributed by atoms with Gasteiger partial charge in [-0.15, -0.1) is 0 Å². The molecule has 2 N–H and O–H groups in total. The Hall–Kier alpha value is -1.32. The fourth-order valence-electron chi connectivity index (χ4n) is 1.78. The molecule has 0 fully saturated rings. The highest BCUT2D eigenvalue weighted by atomic mass is 16.4. The number of carbonyl (C=O) groups is 1. The lowest BCUT2D eigenvalue weighted by molar-refractivity contribution is 0.0689. The van der Waals surface area contributed by atoms with E-state index in [0.717, 1.165) is 24.1 Å². The third kappa shape index (κ3) is 0.841. The molecule has 1 atom stereocenters. The zero-order chi connectivity index (χ0) is 8.72. The molecule has 0 saturated carbocycles. The lowest BCUT2D eigenvalue weighted by Crippen LogP contribution is -2.02. The highest BCUT2D eigenvalue weighted by molar-refractivity contribution is 5.87. The van der Waals surface area contributed by atoms with E-state index >= 15 is 0 Å². The third-order valence-electron chi connectivity index (χ3n) is 2.41. The predicted octanol–water partition coefficient (Wildman–Crippen LogP) is 1.16. The maximum absolute atomic E-state index is 10.7. The maximum Gasteiger partial charge on any atom is 0.356 e. The molecule has 64 valence electrons. The lowest BCUT2D eigenvalue weighted by Gasteiger charge is -2.00. The van der Waals surface area contributed by atoms with E-state index in [-0.39, 0.29) is 5.69 Å². The Kier molecular flexibility index (Phi) is 1.43. The minimum Gasteiger partial charge on any atom is -0.476 e. The molecule has 1 aromatic rings. The van der Waals surface area contributed by atoms with Crippen molar-refractivity contribution in [1.82, 2.24) is 10.2 Å². The van der Waals surface area contributed by atoms with Crippen molar-refractivity contribution in [3.05, 3.63) is 17.0 Å². The number of carboxylic acids is 1. The first kappa shape index (κ1) is 7.34. The number of rotatable bonds is 1. The van der Waals surface area contributed by atoms with Gasteiger partial charge in [-0.05, 0) is 18.8 Å². The van der Waals surface area contributed by atoms with Gasteiger partial charge in [0.2, 0.25) is 0 Å². The minimum absolute atomic E-state index is 0.204. The van der Waals surface area contributed by atoms with Gasteiger partial charge in [-0.3, -0.25) is 5.10 Å². The number of nitrogens with zero attached hydrogens (tertiary/aromatic N) is 1. The molecule has 2 rings (SSSR count). The van der Waals surface area contributed by atoms with Crippen LogP contribution in [0.5, 0.6) is 0 Å². The number of hydrogen-bond acceptors (Lipinski definition) is 2. The summed E-state index contributed by atoms with van der Waals surface area (Å²) in [6.45, 7) is 2.04. The molecule has 0 spiro atoms. The molecule has 0 radical (unpaired) electrons. The number of carboxylic acid groups (broad SMARTS) is 1. The minimum atomic E-state index is -0.929. The first-order valence-corrected chi connectivity index (χ1v) is 4.00. The van der Waals surface area contributed by atoms with Gasteiger partial charge in [0.1, 0.15) is 0 Å². The van der Waals surface area contributed by atoms with E-state index < -0.39 is 5.97 Å². The highest BCUT2D eigenvalue weighted by Gasteiger charge is 2.27. The number of fused-ring (bicyclic) bond motifs is 1. The summed E-state index contributed by atoms with van der Waals surface area (Å²) >= 11 is 0. The zero-order valence-electron chi connectivity index (χ0n) is 6.79. The average molecular weight is 166 g/mol. The highest BCUT2D eigenvalue weighted by Crippen LogP contribution is 2.33. The molecule has 0 saturated heterocycles. The normalized spacial score (nSPS) is 20.9. The Morgan fingerprint density at radius 2 is 2.50 bits per heavy atom. The van der Waals surface area contributed by atoms with Crippen molar-refractivity contribution in [2.24, 2.45) is 0 Å². The van der Waals surface area contributed by atoms with E-state index in [9.17, 15) is 4.79 Å². The quantitative estimate of drug-likeness (QED) is 0.657. The molecule has 1 aliphatic carbocycles. The Bertz CT molecular complexity index is 330. The van der Waals surface area contributed by atoms with Gasteiger partial charge in [0.25, 0.3) is 0 Å². The van der Waals surface area contributed by atoms with Crippen LogP contribution in [0.1, 0.15) is 41.0 Å². The molecule has 0 aromatic carbocycles. The Morgan fingerprint density at radius 1 is 1.75 bits per heavy atom. The second-order valence-electron chi connectivity index (χ2n) is 3.21. The summed E-state index contributed by atoms with van der Waals surface area (Å²) in [4.78, 5) is 10.7. The van der Waals surface area contributed by atoms with E-state index in [1.165, 1.54) is 0 Å². The molecular weight excluding hydrogens is 156 g/mol. The first-order chi connectivity index (χ1) is 5.70. The van der Waals surface area contributed by atoms with Crippen LogP contribution in [0.25, 0.3) is 0 Å². The SMILES string of the molecule is C[C@@H]1CCc2[nH]nc(C(=O)O)c21. The third-order valence-corrected chi connectivity index (χ3v) is 2.41. The number of aromatic nitrogens is 2. The van der Waals surface area contributed by atoms with Gasteiger partial charge in [-0.2, -0.15) is 5.10 Å². The Labute approximate surface area is 69.6 Å². The fourth-order valence-corrected chi connectivity index (χ4v) is 1.78. The van der Waals surface area contributed by atoms with E-state index in [2.05, 4.69) is 10.2 Å². The second kappa shape index (κ2) is 2.33. The standard InChI is InChI=1S/C8H10N2O2/c1-4-2-3-5-6(4)7(8(11)12)10-9-5/h4H,2-3H2,1H3,(H,9,10)(H,11,12)/t4-/m1/s1. The molecule has 4 heteroatoms. The monoisotopic (exact) mass is 166 g/mol. The van der Waals surface area contributed by atoms with Crippen LogP contribution in [0.3, 0.4) is 0 Å². The van der Waals surface area contributed by atoms with Gasteiger partial charge in [0.15, 0.2) is 5.69 Å². The second-order valence-corrected chi connectivity index (χ2v) is 3.21. The van der Waals surface area contributed by atoms with Crippen molar-refractivity contribution in [2.75, 3.05) is 0 Å². The lowest BCUT2D eigenvalue weighted by atomic mass is 10.0. The largest absolute Gasteiger partial charge is 0.476 e. The molecule has 1 aromatic heterocycles. The van der Waals surface area contributed by atoms with Crippen LogP contribution >= 0.6 is 0 Å². The van der Waals surface area contributed by atoms with Crippen LogP contribution in [0.2, 0.25) is 0 Å². The molecule has 0 unspecified atom stereocenters. The van der Waals surface area contributed by atoms with Crippen molar-refractivity contribution in [3.8, 4) is 0 Å². The number of aromatic amines is 1. The van der Waals surface area contributed by atoms with Gasteiger partial charge in [-0.1, -0.05) is 6.92 Å². The number of H-pyrrole nitrogens is 1. The molecule has 1 aliphatic rings. The summed E-state index contributed by atoms with van der Waals surface area (Å²) in [6.07, 6.45) is 1.96. The Balaban J connectivity index is 2.53. The maximum atomic E-state index is 10.7. The van der Waals surface area contributed by atoms with Crippen LogP contribution in [0.4, 0.5) is 0 Å². The van der Waals surface area contributed by atoms with Crippen molar-refractivity contribution < 1.29 is 9.90 Å². The predicted molar refractivity (Wildman–Crippen MR) is 42.3 cm³/mol. The summed E-state index contributed by atoms with van der Waals surface area (Å²) in [5.74, 6) is -0.592. The summed E-state index contributed by atoms with van der Waals surface area (Å²) in [5, 5.41) is 15.3. The van der Waals surface area contributed by atoms with Gasteiger partial charge in [0, 0.05) is 11.3 Å². The number of nitrogens with one attached hydrogen (secondary N) is 1. The molecule has 4 nitrogen and oxygen atoms in total. The summed E-state index contributed by atoms with van der Waals surface area (Å²) < 4.78 is 0. The van der Waals surface area contributed by atoms with Gasteiger partial charge >= 0.3 is 5.97 Å². The molecule has 0 aliphatic heterocycles. The van der Waals surface area contributed by atoms with Crippen molar-refractivity contribution in [2.45, 2.75) is 25.7 Å². The van der Waals surface area contributed by atoms with Crippen LogP contribution in [-0.2, 0) is 6.42 Å². The van der Waals surface area contributed by atoms with E-state index in [1.54, 1.807) is 0 Å². The smallest absolute Gasteiger partial charge is 0.356 e. The average Bonchev–Trinajstić information content (AvgIpc) is 2.53. The van der Waals surface area contributed by atoms with E-state index in [4.69, 9.17) is 5.11 Å². The van der Waals surface area contributed by atoms with E-state index in [0.29, 0.717) is 5.92 Å². The summed E-state index contributed by atoms with van der Waals surface area (Å²) in [6, 6.07) is 0. The van der Waals surface area contributed by atoms with E-state index in [1.807, 2.05) is 6.92 Å². The number of aryl methyl sites for hydroxylation is 1. The molecule has 0 amide bonds. The zero-order valence-corrected chi connectivity index (χ0v) is 6.79. The molecule has 1 heterocycles. The number of hydrogen-bond donors (Lipinski definition) is 2. The first-order valence-electron chi connectivity index (χ1n) is 4.00.